The predicted molar refractivity (Wildman–Crippen MR) is 77.6 cm³/mol. The van der Waals surface area contributed by atoms with Crippen molar-refractivity contribution in [3.05, 3.63) is 60.2 Å². The summed E-state index contributed by atoms with van der Waals surface area (Å²) >= 11 is 0. The summed E-state index contributed by atoms with van der Waals surface area (Å²) in [6, 6.07) is 19.8. The Labute approximate surface area is 110 Å². The average Bonchev–Trinajstić information content (AvgIpc) is 2.86. The monoisotopic (exact) mass is 236 g/mol. The molecule has 0 heterocycles. The van der Waals surface area contributed by atoms with E-state index < -0.39 is 0 Å². The summed E-state index contributed by atoms with van der Waals surface area (Å²) in [5.41, 5.74) is 4.16. The van der Waals surface area contributed by atoms with E-state index in [1.165, 1.54) is 36.0 Å². The van der Waals surface area contributed by atoms with Crippen LogP contribution in [0.1, 0.15) is 37.7 Å². The Morgan fingerprint density at radius 1 is 0.778 bits per heavy atom. The van der Waals surface area contributed by atoms with Gasteiger partial charge in [-0.1, -0.05) is 74.4 Å². The van der Waals surface area contributed by atoms with E-state index in [1.807, 2.05) is 0 Å². The zero-order valence-corrected chi connectivity index (χ0v) is 11.0. The highest BCUT2D eigenvalue weighted by Crippen LogP contribution is 2.39. The molecule has 1 saturated carbocycles. The fourth-order valence-electron chi connectivity index (χ4n) is 3.19. The van der Waals surface area contributed by atoms with E-state index in [4.69, 9.17) is 0 Å². The van der Waals surface area contributed by atoms with Crippen LogP contribution in [-0.4, -0.2) is 0 Å². The lowest BCUT2D eigenvalue weighted by Crippen LogP contribution is -2.01. The van der Waals surface area contributed by atoms with Gasteiger partial charge in [0.1, 0.15) is 0 Å². The number of benzene rings is 2. The van der Waals surface area contributed by atoms with Gasteiger partial charge >= 0.3 is 0 Å². The first kappa shape index (κ1) is 11.5. The van der Waals surface area contributed by atoms with Crippen molar-refractivity contribution in [2.24, 2.45) is 5.92 Å². The Morgan fingerprint density at radius 2 is 1.44 bits per heavy atom. The Morgan fingerprint density at radius 3 is 2.06 bits per heavy atom. The number of hydrogen-bond donors (Lipinski definition) is 0. The highest BCUT2D eigenvalue weighted by atomic mass is 14.3. The van der Waals surface area contributed by atoms with Gasteiger partial charge in [-0.25, -0.2) is 0 Å². The van der Waals surface area contributed by atoms with Gasteiger partial charge in [0.15, 0.2) is 0 Å². The fourth-order valence-corrected chi connectivity index (χ4v) is 3.19. The minimum atomic E-state index is 0.787. The SMILES string of the molecule is CC1CCCC1c1ccc(-c2ccccc2)cc1. The molecule has 0 aliphatic heterocycles. The van der Waals surface area contributed by atoms with Gasteiger partial charge in [0.25, 0.3) is 0 Å². The molecule has 1 fully saturated rings. The fraction of sp³-hybridized carbons (Fsp3) is 0.333. The topological polar surface area (TPSA) is 0 Å². The van der Waals surface area contributed by atoms with Gasteiger partial charge in [0, 0.05) is 0 Å². The molecule has 1 aliphatic carbocycles. The second kappa shape index (κ2) is 4.97. The third-order valence-corrected chi connectivity index (χ3v) is 4.31. The average molecular weight is 236 g/mol. The molecule has 92 valence electrons. The zero-order chi connectivity index (χ0) is 12.4. The molecule has 0 nitrogen and oxygen atoms in total. The highest BCUT2D eigenvalue weighted by Gasteiger charge is 2.24. The molecule has 0 amide bonds. The van der Waals surface area contributed by atoms with Crippen molar-refractivity contribution < 1.29 is 0 Å². The Hall–Kier alpha value is -1.56. The molecular formula is C18H20. The first-order valence-electron chi connectivity index (χ1n) is 7.00. The molecular weight excluding hydrogens is 216 g/mol. The lowest BCUT2D eigenvalue weighted by Gasteiger charge is -2.16. The minimum absolute atomic E-state index is 0.787. The summed E-state index contributed by atoms with van der Waals surface area (Å²) < 4.78 is 0. The van der Waals surface area contributed by atoms with E-state index in [0.717, 1.165) is 11.8 Å². The number of rotatable bonds is 2. The van der Waals surface area contributed by atoms with Crippen LogP contribution in [-0.2, 0) is 0 Å². The standard InChI is InChI=1S/C18H20/c1-14-6-5-9-18(14)17-12-10-16(11-13-17)15-7-3-2-4-8-15/h2-4,7-8,10-14,18H,5-6,9H2,1H3. The van der Waals surface area contributed by atoms with E-state index in [9.17, 15) is 0 Å². The molecule has 2 aromatic carbocycles. The van der Waals surface area contributed by atoms with Crippen LogP contribution in [0.3, 0.4) is 0 Å². The van der Waals surface area contributed by atoms with E-state index in [2.05, 4.69) is 61.5 Å². The van der Waals surface area contributed by atoms with Crippen molar-refractivity contribution in [3.8, 4) is 11.1 Å². The van der Waals surface area contributed by atoms with Crippen LogP contribution in [0.4, 0.5) is 0 Å². The molecule has 2 aromatic rings. The van der Waals surface area contributed by atoms with Gasteiger partial charge in [0.05, 0.1) is 0 Å². The summed E-state index contributed by atoms with van der Waals surface area (Å²) in [6.45, 7) is 2.39. The molecule has 2 unspecified atom stereocenters. The first-order chi connectivity index (χ1) is 8.84. The quantitative estimate of drug-likeness (QED) is 0.667. The molecule has 1 aliphatic rings. The van der Waals surface area contributed by atoms with Gasteiger partial charge in [-0.3, -0.25) is 0 Å². The van der Waals surface area contributed by atoms with Crippen LogP contribution in [0.5, 0.6) is 0 Å². The molecule has 2 atom stereocenters. The Kier molecular flexibility index (Phi) is 3.19. The highest BCUT2D eigenvalue weighted by molar-refractivity contribution is 5.63. The van der Waals surface area contributed by atoms with Crippen LogP contribution in [0.25, 0.3) is 11.1 Å². The van der Waals surface area contributed by atoms with E-state index in [0.29, 0.717) is 0 Å². The number of hydrogen-bond acceptors (Lipinski definition) is 0. The third-order valence-electron chi connectivity index (χ3n) is 4.31. The van der Waals surface area contributed by atoms with E-state index in [1.54, 1.807) is 0 Å². The molecule has 0 radical (unpaired) electrons. The van der Waals surface area contributed by atoms with Gasteiger partial charge in [-0.05, 0) is 34.9 Å². The maximum Gasteiger partial charge on any atom is -0.0136 e. The smallest absolute Gasteiger partial charge is 0.0136 e. The van der Waals surface area contributed by atoms with Crippen molar-refractivity contribution >= 4 is 0 Å². The molecule has 3 rings (SSSR count). The Balaban J connectivity index is 1.85. The third kappa shape index (κ3) is 2.20. The molecule has 0 aromatic heterocycles. The lowest BCUT2D eigenvalue weighted by atomic mass is 9.89. The molecule has 0 spiro atoms. The van der Waals surface area contributed by atoms with E-state index in [-0.39, 0.29) is 0 Å². The van der Waals surface area contributed by atoms with Crippen molar-refractivity contribution in [1.82, 2.24) is 0 Å². The largest absolute Gasteiger partial charge is 0.0622 e. The summed E-state index contributed by atoms with van der Waals surface area (Å²) in [5.74, 6) is 1.64. The molecule has 0 bridgehead atoms. The molecule has 18 heavy (non-hydrogen) atoms. The lowest BCUT2D eigenvalue weighted by molar-refractivity contribution is 0.533. The van der Waals surface area contributed by atoms with Gasteiger partial charge in [-0.15, -0.1) is 0 Å². The molecule has 0 saturated heterocycles. The predicted octanol–water partition coefficient (Wildman–Crippen LogP) is 5.26. The van der Waals surface area contributed by atoms with Crippen molar-refractivity contribution in [2.45, 2.75) is 32.1 Å². The minimum Gasteiger partial charge on any atom is -0.0622 e. The summed E-state index contributed by atoms with van der Waals surface area (Å²) in [7, 11) is 0. The normalized spacial score (nSPS) is 23.2. The van der Waals surface area contributed by atoms with Crippen LogP contribution >= 0.6 is 0 Å². The second-order valence-electron chi connectivity index (χ2n) is 5.50. The van der Waals surface area contributed by atoms with Crippen molar-refractivity contribution in [1.29, 1.82) is 0 Å². The first-order valence-corrected chi connectivity index (χ1v) is 7.00. The van der Waals surface area contributed by atoms with Crippen molar-refractivity contribution in [3.63, 3.8) is 0 Å². The van der Waals surface area contributed by atoms with Crippen LogP contribution < -0.4 is 0 Å². The van der Waals surface area contributed by atoms with E-state index >= 15 is 0 Å². The summed E-state index contributed by atoms with van der Waals surface area (Å²) in [5, 5.41) is 0. The zero-order valence-electron chi connectivity index (χ0n) is 11.0. The summed E-state index contributed by atoms with van der Waals surface area (Å²) in [6.07, 6.45) is 4.16. The molecule has 0 N–H and O–H groups in total. The second-order valence-corrected chi connectivity index (χ2v) is 5.50. The van der Waals surface area contributed by atoms with Gasteiger partial charge in [-0.2, -0.15) is 0 Å². The van der Waals surface area contributed by atoms with Crippen LogP contribution in [0.15, 0.2) is 54.6 Å². The maximum absolute atomic E-state index is 2.39. The van der Waals surface area contributed by atoms with Gasteiger partial charge < -0.3 is 0 Å². The molecule has 0 heteroatoms. The van der Waals surface area contributed by atoms with Crippen LogP contribution in [0, 0.1) is 5.92 Å². The summed E-state index contributed by atoms with van der Waals surface area (Å²) in [4.78, 5) is 0. The maximum atomic E-state index is 2.39. The Bertz CT molecular complexity index is 495. The van der Waals surface area contributed by atoms with Gasteiger partial charge in [0.2, 0.25) is 0 Å². The van der Waals surface area contributed by atoms with Crippen LogP contribution in [0.2, 0.25) is 0 Å². The van der Waals surface area contributed by atoms with Crippen molar-refractivity contribution in [2.75, 3.05) is 0 Å².